The molecule has 1 aliphatic rings. The Labute approximate surface area is 119 Å². The Morgan fingerprint density at radius 3 is 2.63 bits per heavy atom. The van der Waals surface area contributed by atoms with Crippen molar-refractivity contribution in [3.63, 3.8) is 0 Å². The van der Waals surface area contributed by atoms with E-state index in [9.17, 15) is 8.42 Å². The van der Waals surface area contributed by atoms with Crippen molar-refractivity contribution in [2.75, 3.05) is 17.2 Å². The van der Waals surface area contributed by atoms with Crippen molar-refractivity contribution in [2.45, 2.75) is 31.6 Å². The predicted octanol–water partition coefficient (Wildman–Crippen LogP) is 3.10. The second-order valence-corrected chi connectivity index (χ2v) is 6.95. The number of sulfonamides is 1. The molecule has 0 saturated carbocycles. The molecule has 104 valence electrons. The predicted molar refractivity (Wildman–Crippen MR) is 81.4 cm³/mol. The van der Waals surface area contributed by atoms with Gasteiger partial charge in [0, 0.05) is 12.3 Å². The number of anilines is 1. The minimum atomic E-state index is -3.55. The molecule has 0 atom stereocenters. The van der Waals surface area contributed by atoms with E-state index in [2.05, 4.69) is 18.2 Å². The first kappa shape index (κ1) is 14.4. The highest BCUT2D eigenvalue weighted by atomic mass is 32.2. The van der Waals surface area contributed by atoms with Crippen LogP contribution in [-0.4, -0.2) is 25.9 Å². The average molecular weight is 298 g/mol. The van der Waals surface area contributed by atoms with Crippen LogP contribution in [0.4, 0.5) is 5.69 Å². The first-order valence-corrected chi connectivity index (χ1v) is 8.87. The normalized spacial score (nSPS) is 16.9. The number of benzene rings is 1. The van der Waals surface area contributed by atoms with Gasteiger partial charge in [-0.3, -0.25) is 0 Å². The van der Waals surface area contributed by atoms with Crippen molar-refractivity contribution in [3.05, 3.63) is 24.3 Å². The number of para-hydroxylation sites is 1. The van der Waals surface area contributed by atoms with Gasteiger partial charge in [-0.1, -0.05) is 37.7 Å². The van der Waals surface area contributed by atoms with Crippen molar-refractivity contribution in [3.8, 4) is 0 Å². The Morgan fingerprint density at radius 2 is 1.95 bits per heavy atom. The van der Waals surface area contributed by atoms with E-state index in [1.165, 1.54) is 11.8 Å². The summed E-state index contributed by atoms with van der Waals surface area (Å²) in [5.41, 5.74) is 0.748. The molecule has 0 bridgehead atoms. The molecular weight excluding hydrogens is 280 g/mol. The monoisotopic (exact) mass is 298 g/mol. The van der Waals surface area contributed by atoms with Gasteiger partial charge in [0.25, 0.3) is 10.0 Å². The molecule has 19 heavy (non-hydrogen) atoms. The van der Waals surface area contributed by atoms with Crippen LogP contribution in [0, 0.1) is 0 Å². The topological polar surface area (TPSA) is 49.7 Å². The van der Waals surface area contributed by atoms with Crippen LogP contribution in [0.5, 0.6) is 0 Å². The van der Waals surface area contributed by atoms with Gasteiger partial charge in [-0.2, -0.15) is 8.42 Å². The molecule has 0 radical (unpaired) electrons. The number of fused-ring (bicyclic) bond motifs is 1. The number of rotatable bonds is 4. The molecule has 1 aromatic carbocycles. The summed E-state index contributed by atoms with van der Waals surface area (Å²) < 4.78 is 28.3. The van der Waals surface area contributed by atoms with Crippen molar-refractivity contribution in [1.82, 2.24) is 0 Å². The van der Waals surface area contributed by atoms with Gasteiger partial charge in [0.1, 0.15) is 4.90 Å². The van der Waals surface area contributed by atoms with Crippen LogP contribution in [0.15, 0.2) is 33.6 Å². The quantitative estimate of drug-likeness (QED) is 0.857. The Kier molecular flexibility index (Phi) is 4.52. The van der Waals surface area contributed by atoms with Crippen molar-refractivity contribution >= 4 is 32.6 Å². The van der Waals surface area contributed by atoms with E-state index >= 15 is 0 Å². The number of nitrogens with zero attached hydrogens (tertiary/aromatic N) is 2. The average Bonchev–Trinajstić information content (AvgIpc) is 2.40. The highest BCUT2D eigenvalue weighted by Gasteiger charge is 2.29. The second kappa shape index (κ2) is 5.96. The molecule has 4 nitrogen and oxygen atoms in total. The van der Waals surface area contributed by atoms with Gasteiger partial charge in [-0.05, 0) is 25.0 Å². The molecule has 2 rings (SSSR count). The molecule has 1 aliphatic heterocycles. The molecule has 0 aliphatic carbocycles. The lowest BCUT2D eigenvalue weighted by Crippen LogP contribution is -2.34. The van der Waals surface area contributed by atoms with Crippen molar-refractivity contribution in [2.24, 2.45) is 4.40 Å². The standard InChI is InChI=1S/C13H18N2O2S2/c1-3-9-15-11-7-5-6-8-12(11)19(16,17)14-13(15)18-10-4-2/h5-8H,3-4,9-10H2,1-2H3. The first-order chi connectivity index (χ1) is 9.10. The van der Waals surface area contributed by atoms with E-state index in [4.69, 9.17) is 0 Å². The lowest BCUT2D eigenvalue weighted by atomic mass is 10.3. The Hall–Kier alpha value is -1.01. The maximum atomic E-state index is 12.2. The molecule has 0 spiro atoms. The third-order valence-corrected chi connectivity index (χ3v) is 5.36. The summed E-state index contributed by atoms with van der Waals surface area (Å²) in [5.74, 6) is 0.872. The molecule has 0 amide bonds. The zero-order valence-corrected chi connectivity index (χ0v) is 12.8. The summed E-state index contributed by atoms with van der Waals surface area (Å²) in [5, 5.41) is 0.599. The number of thioether (sulfide) groups is 1. The van der Waals surface area contributed by atoms with E-state index in [1.807, 2.05) is 17.0 Å². The number of hydrogen-bond donors (Lipinski definition) is 0. The van der Waals surface area contributed by atoms with Crippen LogP contribution >= 0.6 is 11.8 Å². The minimum Gasteiger partial charge on any atom is -0.319 e. The van der Waals surface area contributed by atoms with Gasteiger partial charge in [0.2, 0.25) is 0 Å². The first-order valence-electron chi connectivity index (χ1n) is 6.44. The summed E-state index contributed by atoms with van der Waals surface area (Å²) in [7, 11) is -3.55. The van der Waals surface area contributed by atoms with Gasteiger partial charge in [0.15, 0.2) is 5.17 Å². The summed E-state index contributed by atoms with van der Waals surface area (Å²) in [6.45, 7) is 4.93. The van der Waals surface area contributed by atoms with Crippen LogP contribution in [0.2, 0.25) is 0 Å². The fourth-order valence-electron chi connectivity index (χ4n) is 1.94. The van der Waals surface area contributed by atoms with E-state index in [-0.39, 0.29) is 0 Å². The Balaban J connectivity index is 2.48. The lowest BCUT2D eigenvalue weighted by Gasteiger charge is -2.29. The smallest absolute Gasteiger partial charge is 0.286 e. The molecule has 1 aromatic rings. The molecular formula is C13H18N2O2S2. The SMILES string of the molecule is CCCSC1=NS(=O)(=O)c2ccccc2N1CCC. The fourth-order valence-corrected chi connectivity index (χ4v) is 4.27. The van der Waals surface area contributed by atoms with Gasteiger partial charge < -0.3 is 4.90 Å². The van der Waals surface area contributed by atoms with Gasteiger partial charge >= 0.3 is 0 Å². The zero-order valence-electron chi connectivity index (χ0n) is 11.2. The third kappa shape index (κ3) is 2.95. The molecule has 0 unspecified atom stereocenters. The van der Waals surface area contributed by atoms with Crippen LogP contribution in [0.1, 0.15) is 26.7 Å². The van der Waals surface area contributed by atoms with Crippen molar-refractivity contribution in [1.29, 1.82) is 0 Å². The minimum absolute atomic E-state index is 0.310. The van der Waals surface area contributed by atoms with Crippen LogP contribution < -0.4 is 4.90 Å². The maximum Gasteiger partial charge on any atom is 0.286 e. The highest BCUT2D eigenvalue weighted by Crippen LogP contribution is 2.34. The molecule has 0 aromatic heterocycles. The Bertz CT molecular complexity index is 582. The Morgan fingerprint density at radius 1 is 1.21 bits per heavy atom. The summed E-state index contributed by atoms with van der Waals surface area (Å²) in [6, 6.07) is 7.08. The molecule has 0 saturated heterocycles. The van der Waals surface area contributed by atoms with Crippen molar-refractivity contribution < 1.29 is 8.42 Å². The summed E-state index contributed by atoms with van der Waals surface area (Å²) >= 11 is 1.51. The van der Waals surface area contributed by atoms with Crippen LogP contribution in [0.25, 0.3) is 0 Å². The van der Waals surface area contributed by atoms with Crippen LogP contribution in [-0.2, 0) is 10.0 Å². The third-order valence-electron chi connectivity index (χ3n) is 2.75. The molecule has 1 heterocycles. The number of hydrogen-bond acceptors (Lipinski definition) is 4. The van der Waals surface area contributed by atoms with Crippen LogP contribution in [0.3, 0.4) is 0 Å². The lowest BCUT2D eigenvalue weighted by molar-refractivity contribution is 0.597. The van der Waals surface area contributed by atoms with E-state index in [0.29, 0.717) is 10.1 Å². The molecule has 0 N–H and O–H groups in total. The highest BCUT2D eigenvalue weighted by molar-refractivity contribution is 8.14. The molecule has 6 heteroatoms. The zero-order chi connectivity index (χ0) is 13.9. The van der Waals surface area contributed by atoms with Gasteiger partial charge in [-0.25, -0.2) is 0 Å². The number of amidine groups is 1. The summed E-state index contributed by atoms with van der Waals surface area (Å²) in [6.07, 6.45) is 1.94. The van der Waals surface area contributed by atoms with Gasteiger partial charge in [-0.15, -0.1) is 4.40 Å². The fraction of sp³-hybridized carbons (Fsp3) is 0.462. The maximum absolute atomic E-state index is 12.2. The molecule has 0 fully saturated rings. The van der Waals surface area contributed by atoms with E-state index in [0.717, 1.165) is 30.8 Å². The largest absolute Gasteiger partial charge is 0.319 e. The van der Waals surface area contributed by atoms with E-state index in [1.54, 1.807) is 12.1 Å². The van der Waals surface area contributed by atoms with Gasteiger partial charge in [0.05, 0.1) is 5.69 Å². The second-order valence-electron chi connectivity index (χ2n) is 4.32. The van der Waals surface area contributed by atoms with E-state index < -0.39 is 10.0 Å². The summed E-state index contributed by atoms with van der Waals surface area (Å²) in [4.78, 5) is 2.32.